The van der Waals surface area contributed by atoms with Crippen molar-refractivity contribution < 1.29 is 8.42 Å². The van der Waals surface area contributed by atoms with Crippen LogP contribution in [0.3, 0.4) is 0 Å². The van der Waals surface area contributed by atoms with Gasteiger partial charge in [-0.3, -0.25) is 4.98 Å². The molecule has 3 nitrogen and oxygen atoms in total. The molecule has 0 amide bonds. The Bertz CT molecular complexity index is 668. The average Bonchev–Trinajstić information content (AvgIpc) is 2.17. The third-order valence-corrected chi connectivity index (χ3v) is 4.03. The van der Waals surface area contributed by atoms with Gasteiger partial charge in [0.05, 0.1) is 9.92 Å². The molecule has 2 aromatic rings. The Morgan fingerprint density at radius 2 is 1.94 bits per heavy atom. The number of hydrogen-bond donors (Lipinski definition) is 0. The number of pyridine rings is 1. The molecule has 6 heteroatoms. The summed E-state index contributed by atoms with van der Waals surface area (Å²) in [5.41, 5.74) is 0.565. The van der Waals surface area contributed by atoms with Crippen LogP contribution in [0.5, 0.6) is 0 Å². The molecular formula is C10H7Cl2NO2S. The Balaban J connectivity index is 3.07. The first-order valence-corrected chi connectivity index (χ1v) is 7.07. The molecule has 2 rings (SSSR count). The summed E-state index contributed by atoms with van der Waals surface area (Å²) in [7, 11) is 1.59. The fraction of sp³-hybridized carbons (Fsp3) is 0.100. The van der Waals surface area contributed by atoms with Crippen LogP contribution in [-0.4, -0.2) is 13.4 Å². The van der Waals surface area contributed by atoms with Crippen molar-refractivity contribution in [1.82, 2.24) is 4.98 Å². The summed E-state index contributed by atoms with van der Waals surface area (Å²) in [6.07, 6.45) is 2.95. The van der Waals surface area contributed by atoms with Gasteiger partial charge in [0.2, 0.25) is 0 Å². The van der Waals surface area contributed by atoms with E-state index in [1.807, 2.05) is 0 Å². The number of aromatic nitrogens is 1. The van der Waals surface area contributed by atoms with Gasteiger partial charge in [-0.2, -0.15) is 0 Å². The van der Waals surface area contributed by atoms with Crippen LogP contribution in [0.1, 0.15) is 5.56 Å². The monoisotopic (exact) mass is 275 g/mol. The number of rotatable bonds is 1. The number of nitrogens with zero attached hydrogens (tertiary/aromatic N) is 1. The first-order valence-electron chi connectivity index (χ1n) is 4.39. The number of benzene rings is 1. The molecule has 0 saturated heterocycles. The highest BCUT2D eigenvalue weighted by Gasteiger charge is 2.19. The summed E-state index contributed by atoms with van der Waals surface area (Å²) in [4.78, 5) is 3.95. The first-order chi connectivity index (χ1) is 7.41. The SMILES string of the molecule is Cc1ccc2cncc(Cl)c2c1S(=O)(=O)Cl. The molecule has 0 atom stereocenters. The second-order valence-corrected chi connectivity index (χ2v) is 6.28. The van der Waals surface area contributed by atoms with Crippen LogP contribution in [0.25, 0.3) is 10.8 Å². The second-order valence-electron chi connectivity index (χ2n) is 3.37. The average molecular weight is 276 g/mol. The molecule has 0 fully saturated rings. The van der Waals surface area contributed by atoms with Gasteiger partial charge < -0.3 is 0 Å². The molecule has 0 radical (unpaired) electrons. The summed E-state index contributed by atoms with van der Waals surface area (Å²) in [5, 5.41) is 1.35. The van der Waals surface area contributed by atoms with Crippen LogP contribution in [-0.2, 0) is 9.05 Å². The number of fused-ring (bicyclic) bond motifs is 1. The summed E-state index contributed by atoms with van der Waals surface area (Å²) in [6.45, 7) is 1.67. The van der Waals surface area contributed by atoms with Crippen LogP contribution < -0.4 is 0 Å². The third kappa shape index (κ3) is 1.88. The van der Waals surface area contributed by atoms with Crippen molar-refractivity contribution in [2.75, 3.05) is 0 Å². The van der Waals surface area contributed by atoms with Crippen LogP contribution in [0.15, 0.2) is 29.4 Å². The minimum absolute atomic E-state index is 0.0547. The molecule has 1 aromatic carbocycles. The van der Waals surface area contributed by atoms with E-state index in [0.29, 0.717) is 16.3 Å². The maximum Gasteiger partial charge on any atom is 0.262 e. The quantitative estimate of drug-likeness (QED) is 0.752. The molecular weight excluding hydrogens is 269 g/mol. The molecule has 0 saturated carbocycles. The number of halogens is 2. The molecule has 84 valence electrons. The zero-order valence-corrected chi connectivity index (χ0v) is 10.6. The molecule has 0 aliphatic carbocycles. The molecule has 1 aromatic heterocycles. The number of hydrogen-bond acceptors (Lipinski definition) is 3. The normalized spacial score (nSPS) is 11.9. The summed E-state index contributed by atoms with van der Waals surface area (Å²) >= 11 is 5.95. The maximum atomic E-state index is 11.5. The highest BCUT2D eigenvalue weighted by atomic mass is 35.7. The van der Waals surface area contributed by atoms with Gasteiger partial charge >= 0.3 is 0 Å². The van der Waals surface area contributed by atoms with Gasteiger partial charge in [0.15, 0.2) is 0 Å². The minimum Gasteiger partial charge on any atom is -0.263 e. The van der Waals surface area contributed by atoms with E-state index in [0.717, 1.165) is 0 Å². The van der Waals surface area contributed by atoms with Gasteiger partial charge in [0.1, 0.15) is 0 Å². The van der Waals surface area contributed by atoms with E-state index in [2.05, 4.69) is 4.98 Å². The van der Waals surface area contributed by atoms with Crippen LogP contribution in [0.4, 0.5) is 0 Å². The lowest BCUT2D eigenvalue weighted by Gasteiger charge is -2.07. The van der Waals surface area contributed by atoms with E-state index < -0.39 is 9.05 Å². The largest absolute Gasteiger partial charge is 0.263 e. The zero-order valence-electron chi connectivity index (χ0n) is 8.24. The second kappa shape index (κ2) is 3.87. The molecule has 0 unspecified atom stereocenters. The van der Waals surface area contributed by atoms with Gasteiger partial charge in [-0.05, 0) is 12.5 Å². The first kappa shape index (κ1) is 11.6. The summed E-state index contributed by atoms with van der Waals surface area (Å²) < 4.78 is 23.0. The highest BCUT2D eigenvalue weighted by molar-refractivity contribution is 8.14. The van der Waals surface area contributed by atoms with Crippen molar-refractivity contribution in [3.05, 3.63) is 35.1 Å². The third-order valence-electron chi connectivity index (χ3n) is 2.27. The molecule has 0 aliphatic rings. The van der Waals surface area contributed by atoms with Crippen molar-refractivity contribution in [1.29, 1.82) is 0 Å². The van der Waals surface area contributed by atoms with Crippen LogP contribution in [0, 0.1) is 6.92 Å². The van der Waals surface area contributed by atoms with E-state index in [1.165, 1.54) is 6.20 Å². The van der Waals surface area contributed by atoms with E-state index >= 15 is 0 Å². The van der Waals surface area contributed by atoms with Crippen molar-refractivity contribution >= 4 is 42.1 Å². The van der Waals surface area contributed by atoms with Gasteiger partial charge in [-0.1, -0.05) is 23.7 Å². The van der Waals surface area contributed by atoms with Crippen LogP contribution in [0.2, 0.25) is 5.02 Å². The molecule has 0 aliphatic heterocycles. The molecule has 1 heterocycles. The van der Waals surface area contributed by atoms with Crippen LogP contribution >= 0.6 is 22.3 Å². The molecule has 16 heavy (non-hydrogen) atoms. The lowest BCUT2D eigenvalue weighted by Crippen LogP contribution is -1.97. The van der Waals surface area contributed by atoms with E-state index in [4.69, 9.17) is 22.3 Å². The van der Waals surface area contributed by atoms with Gasteiger partial charge in [0, 0.05) is 33.8 Å². The predicted molar refractivity (Wildman–Crippen MR) is 64.5 cm³/mol. The lowest BCUT2D eigenvalue weighted by atomic mass is 10.1. The zero-order chi connectivity index (χ0) is 11.9. The van der Waals surface area contributed by atoms with Crippen molar-refractivity contribution in [3.63, 3.8) is 0 Å². The van der Waals surface area contributed by atoms with Gasteiger partial charge in [-0.25, -0.2) is 8.42 Å². The van der Waals surface area contributed by atoms with Crippen molar-refractivity contribution in [2.24, 2.45) is 0 Å². The smallest absolute Gasteiger partial charge is 0.262 e. The van der Waals surface area contributed by atoms with Gasteiger partial charge in [0.25, 0.3) is 9.05 Å². The number of aryl methyl sites for hydroxylation is 1. The summed E-state index contributed by atoms with van der Waals surface area (Å²) in [6, 6.07) is 3.44. The Labute approximate surface area is 102 Å². The minimum atomic E-state index is -3.82. The summed E-state index contributed by atoms with van der Waals surface area (Å²) in [5.74, 6) is 0. The Hall–Kier alpha value is -0.840. The van der Waals surface area contributed by atoms with E-state index in [9.17, 15) is 8.42 Å². The van der Waals surface area contributed by atoms with Gasteiger partial charge in [-0.15, -0.1) is 0 Å². The lowest BCUT2D eigenvalue weighted by molar-refractivity contribution is 0.610. The van der Waals surface area contributed by atoms with Crippen molar-refractivity contribution in [3.8, 4) is 0 Å². The van der Waals surface area contributed by atoms with E-state index in [1.54, 1.807) is 25.3 Å². The Morgan fingerprint density at radius 1 is 1.25 bits per heavy atom. The predicted octanol–water partition coefficient (Wildman–Crippen LogP) is 3.12. The fourth-order valence-electron chi connectivity index (χ4n) is 1.62. The Kier molecular flexibility index (Phi) is 2.82. The topological polar surface area (TPSA) is 47.0 Å². The maximum absolute atomic E-state index is 11.5. The highest BCUT2D eigenvalue weighted by Crippen LogP contribution is 2.33. The molecule has 0 spiro atoms. The Morgan fingerprint density at radius 3 is 2.56 bits per heavy atom. The standard InChI is InChI=1S/C10H7Cl2NO2S/c1-6-2-3-7-4-13-5-8(11)9(7)10(6)16(12,14)15/h2-5H,1H3. The molecule has 0 N–H and O–H groups in total. The fourth-order valence-corrected chi connectivity index (χ4v) is 3.45. The van der Waals surface area contributed by atoms with Crippen molar-refractivity contribution in [2.45, 2.75) is 11.8 Å². The molecule has 0 bridgehead atoms. The van der Waals surface area contributed by atoms with E-state index in [-0.39, 0.29) is 9.92 Å².